The highest BCUT2D eigenvalue weighted by atomic mass is 32.1. The van der Waals surface area contributed by atoms with Gasteiger partial charge in [-0.3, -0.25) is 0 Å². The van der Waals surface area contributed by atoms with E-state index >= 15 is 0 Å². The van der Waals surface area contributed by atoms with E-state index in [1.54, 1.807) is 25.6 Å². The normalized spacial score (nSPS) is 12.2. The summed E-state index contributed by atoms with van der Waals surface area (Å²) in [6.07, 6.45) is 0.701. The van der Waals surface area contributed by atoms with E-state index in [1.165, 1.54) is 0 Å². The van der Waals surface area contributed by atoms with Gasteiger partial charge in [0.2, 0.25) is 0 Å². The van der Waals surface area contributed by atoms with E-state index in [9.17, 15) is 0 Å². The predicted octanol–water partition coefficient (Wildman–Crippen LogP) is 2.71. The number of nitrogens with two attached hydrogens (primary N) is 1. The third-order valence-corrected chi connectivity index (χ3v) is 3.76. The molecule has 0 amide bonds. The number of thiazole rings is 1. The van der Waals surface area contributed by atoms with Crippen LogP contribution in [0.4, 0.5) is 0 Å². The number of aryl methyl sites for hydroxylation is 1. The minimum atomic E-state index is -0.137. The van der Waals surface area contributed by atoms with Gasteiger partial charge in [-0.2, -0.15) is 0 Å². The summed E-state index contributed by atoms with van der Waals surface area (Å²) >= 11 is 1.64. The molecule has 2 rings (SSSR count). The predicted molar refractivity (Wildman–Crippen MR) is 77.0 cm³/mol. The molecule has 1 heterocycles. The molecule has 0 bridgehead atoms. The van der Waals surface area contributed by atoms with Gasteiger partial charge in [-0.05, 0) is 13.0 Å². The van der Waals surface area contributed by atoms with Crippen molar-refractivity contribution in [2.24, 2.45) is 5.73 Å². The van der Waals surface area contributed by atoms with Crippen molar-refractivity contribution >= 4 is 11.3 Å². The molecular weight excluding hydrogens is 260 g/mol. The van der Waals surface area contributed by atoms with Gasteiger partial charge < -0.3 is 15.2 Å². The standard InChI is InChI=1S/C14H18N2O2S/c1-9-16-10(8-19-9)6-13(15)12-5-4-11(17-2)7-14(12)18-3/h4-5,7-8,13H,6,15H2,1-3H3. The van der Waals surface area contributed by atoms with Gasteiger partial charge in [0, 0.05) is 29.5 Å². The summed E-state index contributed by atoms with van der Waals surface area (Å²) in [4.78, 5) is 4.44. The van der Waals surface area contributed by atoms with Crippen LogP contribution in [0.1, 0.15) is 22.3 Å². The molecule has 0 aliphatic heterocycles. The summed E-state index contributed by atoms with van der Waals surface area (Å²) < 4.78 is 10.6. The minimum absolute atomic E-state index is 0.137. The lowest BCUT2D eigenvalue weighted by Gasteiger charge is -2.15. The summed E-state index contributed by atoms with van der Waals surface area (Å²) in [5.74, 6) is 1.51. The number of aromatic nitrogens is 1. The third kappa shape index (κ3) is 3.24. The molecule has 0 fully saturated rings. The molecular formula is C14H18N2O2S. The Hall–Kier alpha value is -1.59. The molecule has 0 aliphatic rings. The number of hydrogen-bond acceptors (Lipinski definition) is 5. The molecule has 1 aromatic carbocycles. The van der Waals surface area contributed by atoms with Crippen LogP contribution >= 0.6 is 11.3 Å². The summed E-state index contributed by atoms with van der Waals surface area (Å²) in [5, 5.41) is 3.11. The van der Waals surface area contributed by atoms with Crippen LogP contribution in [0.15, 0.2) is 23.6 Å². The fourth-order valence-corrected chi connectivity index (χ4v) is 2.59. The summed E-state index contributed by atoms with van der Waals surface area (Å²) in [6, 6.07) is 5.55. The van der Waals surface area contributed by atoms with Gasteiger partial charge in [0.15, 0.2) is 0 Å². The number of ether oxygens (including phenoxy) is 2. The first-order valence-corrected chi connectivity index (χ1v) is 6.90. The van der Waals surface area contributed by atoms with Crippen LogP contribution < -0.4 is 15.2 Å². The molecule has 0 spiro atoms. The molecule has 102 valence electrons. The van der Waals surface area contributed by atoms with E-state index in [2.05, 4.69) is 4.98 Å². The van der Waals surface area contributed by atoms with Crippen LogP contribution in [0.5, 0.6) is 11.5 Å². The fourth-order valence-electron chi connectivity index (χ4n) is 1.96. The van der Waals surface area contributed by atoms with Crippen LogP contribution in [0.2, 0.25) is 0 Å². The minimum Gasteiger partial charge on any atom is -0.497 e. The smallest absolute Gasteiger partial charge is 0.127 e. The number of hydrogen-bond donors (Lipinski definition) is 1. The molecule has 1 unspecified atom stereocenters. The maximum atomic E-state index is 6.25. The van der Waals surface area contributed by atoms with E-state index in [0.29, 0.717) is 6.42 Å². The lowest BCUT2D eigenvalue weighted by atomic mass is 10.0. The second-order valence-electron chi connectivity index (χ2n) is 4.28. The van der Waals surface area contributed by atoms with Crippen molar-refractivity contribution in [3.63, 3.8) is 0 Å². The Morgan fingerprint density at radius 2 is 2.11 bits per heavy atom. The van der Waals surface area contributed by atoms with Crippen molar-refractivity contribution in [1.29, 1.82) is 0 Å². The van der Waals surface area contributed by atoms with Crippen LogP contribution in [0, 0.1) is 6.92 Å². The lowest BCUT2D eigenvalue weighted by Crippen LogP contribution is -2.14. The van der Waals surface area contributed by atoms with Gasteiger partial charge in [0.1, 0.15) is 11.5 Å². The average Bonchev–Trinajstić information content (AvgIpc) is 2.83. The quantitative estimate of drug-likeness (QED) is 0.913. The highest BCUT2D eigenvalue weighted by Gasteiger charge is 2.14. The molecule has 0 aliphatic carbocycles. The second kappa shape index (κ2) is 6.04. The first-order chi connectivity index (χ1) is 9.13. The zero-order valence-corrected chi connectivity index (χ0v) is 12.2. The van der Waals surface area contributed by atoms with Crippen molar-refractivity contribution in [1.82, 2.24) is 4.98 Å². The molecule has 0 saturated carbocycles. The number of methoxy groups -OCH3 is 2. The van der Waals surface area contributed by atoms with E-state index in [-0.39, 0.29) is 6.04 Å². The topological polar surface area (TPSA) is 57.4 Å². The number of rotatable bonds is 5. The molecule has 5 heteroatoms. The summed E-state index contributed by atoms with van der Waals surface area (Å²) in [5.41, 5.74) is 8.24. The Bertz CT molecular complexity index is 554. The van der Waals surface area contributed by atoms with Crippen molar-refractivity contribution in [3.8, 4) is 11.5 Å². The van der Waals surface area contributed by atoms with Gasteiger partial charge in [0.25, 0.3) is 0 Å². The van der Waals surface area contributed by atoms with Crippen molar-refractivity contribution in [3.05, 3.63) is 39.8 Å². The van der Waals surface area contributed by atoms with Gasteiger partial charge in [-0.1, -0.05) is 6.07 Å². The Morgan fingerprint density at radius 1 is 1.32 bits per heavy atom. The first-order valence-electron chi connectivity index (χ1n) is 6.02. The SMILES string of the molecule is COc1ccc(C(N)Cc2csc(C)n2)c(OC)c1. The van der Waals surface area contributed by atoms with Gasteiger partial charge in [0.05, 0.1) is 24.9 Å². The zero-order valence-electron chi connectivity index (χ0n) is 11.3. The van der Waals surface area contributed by atoms with Gasteiger partial charge in [-0.25, -0.2) is 4.98 Å². The van der Waals surface area contributed by atoms with Crippen molar-refractivity contribution < 1.29 is 9.47 Å². The first kappa shape index (κ1) is 13.8. The van der Waals surface area contributed by atoms with Crippen molar-refractivity contribution in [2.75, 3.05) is 14.2 Å². The van der Waals surface area contributed by atoms with E-state index in [0.717, 1.165) is 27.8 Å². The summed E-state index contributed by atoms with van der Waals surface area (Å²) in [6.45, 7) is 1.99. The van der Waals surface area contributed by atoms with Gasteiger partial charge in [-0.15, -0.1) is 11.3 Å². The maximum absolute atomic E-state index is 6.25. The molecule has 1 atom stereocenters. The Balaban J connectivity index is 2.20. The van der Waals surface area contributed by atoms with Crippen LogP contribution in [-0.2, 0) is 6.42 Å². The maximum Gasteiger partial charge on any atom is 0.127 e. The third-order valence-electron chi connectivity index (χ3n) is 2.94. The lowest BCUT2D eigenvalue weighted by molar-refractivity contribution is 0.388. The highest BCUT2D eigenvalue weighted by Crippen LogP contribution is 2.30. The molecule has 2 aromatic rings. The number of benzene rings is 1. The Kier molecular flexibility index (Phi) is 4.39. The van der Waals surface area contributed by atoms with Crippen LogP contribution in [0.3, 0.4) is 0 Å². The molecule has 2 N–H and O–H groups in total. The van der Waals surface area contributed by atoms with E-state index < -0.39 is 0 Å². The van der Waals surface area contributed by atoms with Crippen LogP contribution in [-0.4, -0.2) is 19.2 Å². The molecule has 4 nitrogen and oxygen atoms in total. The van der Waals surface area contributed by atoms with E-state index in [1.807, 2.05) is 30.5 Å². The zero-order chi connectivity index (χ0) is 13.8. The summed E-state index contributed by atoms with van der Waals surface area (Å²) in [7, 11) is 3.27. The largest absolute Gasteiger partial charge is 0.497 e. The highest BCUT2D eigenvalue weighted by molar-refractivity contribution is 7.09. The second-order valence-corrected chi connectivity index (χ2v) is 5.34. The monoisotopic (exact) mass is 278 g/mol. The molecule has 19 heavy (non-hydrogen) atoms. The molecule has 0 saturated heterocycles. The van der Waals surface area contributed by atoms with Gasteiger partial charge >= 0.3 is 0 Å². The van der Waals surface area contributed by atoms with Crippen LogP contribution in [0.25, 0.3) is 0 Å². The molecule has 0 radical (unpaired) electrons. The van der Waals surface area contributed by atoms with E-state index in [4.69, 9.17) is 15.2 Å². The molecule has 1 aromatic heterocycles. The fraction of sp³-hybridized carbons (Fsp3) is 0.357. The Labute approximate surface area is 117 Å². The van der Waals surface area contributed by atoms with Crippen molar-refractivity contribution in [2.45, 2.75) is 19.4 Å². The Morgan fingerprint density at radius 3 is 2.68 bits per heavy atom. The average molecular weight is 278 g/mol. The number of nitrogens with zero attached hydrogens (tertiary/aromatic N) is 1.